The Labute approximate surface area is 200 Å². The Bertz CT molecular complexity index is 1000. The van der Waals surface area contributed by atoms with Gasteiger partial charge < -0.3 is 4.74 Å². The van der Waals surface area contributed by atoms with E-state index in [-0.39, 0.29) is 18.1 Å². The normalized spacial score (nSPS) is 25.9. The van der Waals surface area contributed by atoms with E-state index in [4.69, 9.17) is 11.6 Å². The van der Waals surface area contributed by atoms with Gasteiger partial charge in [-0.1, -0.05) is 37.4 Å². The smallest absolute Gasteiger partial charge is 0.429 e. The van der Waals surface area contributed by atoms with E-state index in [0.29, 0.717) is 11.5 Å². The van der Waals surface area contributed by atoms with E-state index in [9.17, 15) is 26.3 Å². The first-order valence-corrected chi connectivity index (χ1v) is 12.1. The third kappa shape index (κ3) is 5.19. The lowest BCUT2D eigenvalue weighted by Crippen LogP contribution is -2.26. The molecule has 2 aliphatic carbocycles. The highest BCUT2D eigenvalue weighted by atomic mass is 35.5. The minimum Gasteiger partial charge on any atom is -0.429 e. The second kappa shape index (κ2) is 10.00. The zero-order chi connectivity index (χ0) is 24.6. The molecule has 2 saturated carbocycles. The van der Waals surface area contributed by atoms with E-state index in [1.165, 1.54) is 31.7 Å². The lowest BCUT2D eigenvalue weighted by Gasteiger charge is -2.37. The molecule has 0 unspecified atom stereocenters. The van der Waals surface area contributed by atoms with Crippen molar-refractivity contribution in [3.63, 3.8) is 0 Å². The molecule has 4 rings (SSSR count). The monoisotopic (exact) mass is 504 g/mol. The van der Waals surface area contributed by atoms with Crippen LogP contribution in [-0.4, -0.2) is 0 Å². The number of ether oxygens (including phenoxy) is 1. The Morgan fingerprint density at radius 2 is 1.32 bits per heavy atom. The standard InChI is InChI=1S/C26H27ClF6O/c1-14-2-4-15(5-3-14)16-6-8-17(9-7-16)19-10-11-20(24(30)23(19)27)26(32,33)34-18-12-21(28)25(31)22(29)13-18/h10-17H,2-9H2,1H3. The highest BCUT2D eigenvalue weighted by molar-refractivity contribution is 6.31. The van der Waals surface area contributed by atoms with Crippen LogP contribution in [0.1, 0.15) is 75.3 Å². The van der Waals surface area contributed by atoms with Gasteiger partial charge in [-0.15, -0.1) is 0 Å². The molecule has 0 heterocycles. The Morgan fingerprint density at radius 1 is 0.794 bits per heavy atom. The molecule has 0 saturated heterocycles. The lowest BCUT2D eigenvalue weighted by atomic mass is 9.68. The molecule has 8 heteroatoms. The Morgan fingerprint density at radius 3 is 1.88 bits per heavy atom. The number of halogens is 7. The molecule has 0 aliphatic heterocycles. The molecule has 1 nitrogen and oxygen atoms in total. The average molecular weight is 505 g/mol. The van der Waals surface area contributed by atoms with Crippen LogP contribution < -0.4 is 4.74 Å². The van der Waals surface area contributed by atoms with E-state index in [1.807, 2.05) is 0 Å². The first-order valence-electron chi connectivity index (χ1n) is 11.8. The predicted octanol–water partition coefficient (Wildman–Crippen LogP) is 9.12. The zero-order valence-electron chi connectivity index (χ0n) is 18.8. The fraction of sp³-hybridized carbons (Fsp3) is 0.538. The molecule has 0 bridgehead atoms. The molecule has 0 spiro atoms. The van der Waals surface area contributed by atoms with Crippen LogP contribution in [0.25, 0.3) is 0 Å². The van der Waals surface area contributed by atoms with Gasteiger partial charge in [0.05, 0.1) is 5.02 Å². The summed E-state index contributed by atoms with van der Waals surface area (Å²) in [4.78, 5) is 0. The maximum absolute atomic E-state index is 14.9. The van der Waals surface area contributed by atoms with E-state index in [1.54, 1.807) is 0 Å². The third-order valence-electron chi connectivity index (χ3n) is 7.57. The predicted molar refractivity (Wildman–Crippen MR) is 118 cm³/mol. The summed E-state index contributed by atoms with van der Waals surface area (Å²) < 4.78 is 88.3. The second-order valence-electron chi connectivity index (χ2n) is 9.78. The van der Waals surface area contributed by atoms with E-state index in [0.717, 1.165) is 43.6 Å². The van der Waals surface area contributed by atoms with Crippen LogP contribution in [0.15, 0.2) is 24.3 Å². The molecule has 2 fully saturated rings. The molecular weight excluding hydrogens is 478 g/mol. The van der Waals surface area contributed by atoms with Crippen molar-refractivity contribution < 1.29 is 31.1 Å². The summed E-state index contributed by atoms with van der Waals surface area (Å²) in [5.74, 6) is -5.39. The SMILES string of the molecule is CC1CCC(C2CCC(c3ccc(C(F)(F)Oc4cc(F)c(F)c(F)c4)c(F)c3Cl)CC2)CC1. The van der Waals surface area contributed by atoms with Crippen LogP contribution in [0.4, 0.5) is 26.3 Å². The van der Waals surface area contributed by atoms with Crippen LogP contribution in [0, 0.1) is 41.0 Å². The minimum absolute atomic E-state index is 0.0235. The molecule has 2 aromatic carbocycles. The van der Waals surface area contributed by atoms with Gasteiger partial charge in [0.25, 0.3) is 0 Å². The number of hydrogen-bond donors (Lipinski definition) is 0. The number of alkyl halides is 2. The van der Waals surface area contributed by atoms with Crippen molar-refractivity contribution in [1.82, 2.24) is 0 Å². The molecule has 0 aromatic heterocycles. The van der Waals surface area contributed by atoms with Gasteiger partial charge in [0.1, 0.15) is 11.3 Å². The van der Waals surface area contributed by atoms with Crippen LogP contribution in [0.5, 0.6) is 5.75 Å². The number of rotatable bonds is 5. The highest BCUT2D eigenvalue weighted by Crippen LogP contribution is 2.46. The Balaban J connectivity index is 1.47. The second-order valence-corrected chi connectivity index (χ2v) is 10.2. The largest absolute Gasteiger partial charge is 0.429 e. The van der Waals surface area contributed by atoms with Crippen LogP contribution in [-0.2, 0) is 6.11 Å². The van der Waals surface area contributed by atoms with Gasteiger partial charge in [0.15, 0.2) is 23.3 Å². The van der Waals surface area contributed by atoms with E-state index < -0.39 is 45.7 Å². The third-order valence-corrected chi connectivity index (χ3v) is 7.95. The summed E-state index contributed by atoms with van der Waals surface area (Å²) in [7, 11) is 0. The fourth-order valence-corrected chi connectivity index (χ4v) is 5.88. The van der Waals surface area contributed by atoms with Crippen molar-refractivity contribution in [2.45, 2.75) is 70.3 Å². The summed E-state index contributed by atoms with van der Waals surface area (Å²) >= 11 is 6.18. The van der Waals surface area contributed by atoms with Gasteiger partial charge in [0.2, 0.25) is 0 Å². The minimum atomic E-state index is -4.28. The summed E-state index contributed by atoms with van der Waals surface area (Å²) in [6.07, 6.45) is 4.38. The van der Waals surface area contributed by atoms with Gasteiger partial charge in [-0.05, 0) is 73.8 Å². The van der Waals surface area contributed by atoms with Crippen molar-refractivity contribution in [3.8, 4) is 5.75 Å². The Hall–Kier alpha value is -1.89. The van der Waals surface area contributed by atoms with Crippen LogP contribution in [0.3, 0.4) is 0 Å². The molecule has 2 aliphatic rings. The van der Waals surface area contributed by atoms with Crippen molar-refractivity contribution >= 4 is 11.6 Å². The maximum Gasteiger partial charge on any atom is 0.429 e. The van der Waals surface area contributed by atoms with Crippen LogP contribution in [0.2, 0.25) is 5.02 Å². The molecule has 0 amide bonds. The summed E-state index contributed by atoms with van der Waals surface area (Å²) in [6, 6.07) is 2.80. The molecule has 186 valence electrons. The summed E-state index contributed by atoms with van der Waals surface area (Å²) in [5, 5.41) is -0.396. The molecule has 2 aromatic rings. The molecule has 0 N–H and O–H groups in total. The summed E-state index contributed by atoms with van der Waals surface area (Å²) in [5.41, 5.74) is -0.676. The first-order chi connectivity index (χ1) is 16.1. The van der Waals surface area contributed by atoms with Crippen molar-refractivity contribution in [3.05, 3.63) is 63.7 Å². The molecule has 34 heavy (non-hydrogen) atoms. The van der Waals surface area contributed by atoms with Gasteiger partial charge >= 0.3 is 6.11 Å². The highest BCUT2D eigenvalue weighted by Gasteiger charge is 2.40. The van der Waals surface area contributed by atoms with Gasteiger partial charge in [-0.3, -0.25) is 0 Å². The van der Waals surface area contributed by atoms with Gasteiger partial charge in [-0.25, -0.2) is 17.6 Å². The van der Waals surface area contributed by atoms with Crippen molar-refractivity contribution in [1.29, 1.82) is 0 Å². The van der Waals surface area contributed by atoms with Crippen molar-refractivity contribution in [2.24, 2.45) is 17.8 Å². The van der Waals surface area contributed by atoms with Crippen LogP contribution >= 0.6 is 11.6 Å². The average Bonchev–Trinajstić information content (AvgIpc) is 2.79. The van der Waals surface area contributed by atoms with Gasteiger partial charge in [-0.2, -0.15) is 8.78 Å². The van der Waals surface area contributed by atoms with E-state index in [2.05, 4.69) is 11.7 Å². The number of hydrogen-bond acceptors (Lipinski definition) is 1. The maximum atomic E-state index is 14.9. The fourth-order valence-electron chi connectivity index (χ4n) is 5.56. The quantitative estimate of drug-likeness (QED) is 0.291. The van der Waals surface area contributed by atoms with E-state index >= 15 is 0 Å². The summed E-state index contributed by atoms with van der Waals surface area (Å²) in [6.45, 7) is 2.29. The number of benzene rings is 2. The first kappa shape index (κ1) is 25.2. The van der Waals surface area contributed by atoms with Crippen molar-refractivity contribution in [2.75, 3.05) is 0 Å². The molecule has 0 atom stereocenters. The Kier molecular flexibility index (Phi) is 7.41. The molecular formula is C26H27ClF6O. The topological polar surface area (TPSA) is 9.23 Å². The molecule has 0 radical (unpaired) electrons. The van der Waals surface area contributed by atoms with Gasteiger partial charge in [0, 0.05) is 12.1 Å². The zero-order valence-corrected chi connectivity index (χ0v) is 19.6. The lowest BCUT2D eigenvalue weighted by molar-refractivity contribution is -0.187.